The van der Waals surface area contributed by atoms with Crippen LogP contribution in [0.2, 0.25) is 0 Å². The molecule has 1 aliphatic rings. The van der Waals surface area contributed by atoms with Gasteiger partial charge in [0, 0.05) is 5.92 Å². The van der Waals surface area contributed by atoms with Crippen molar-refractivity contribution in [3.63, 3.8) is 0 Å². The zero-order valence-electron chi connectivity index (χ0n) is 10.2. The summed E-state index contributed by atoms with van der Waals surface area (Å²) in [5, 5.41) is 10.1. The number of aryl methyl sites for hydroxylation is 1. The molecule has 18 heavy (non-hydrogen) atoms. The average Bonchev–Trinajstić information content (AvgIpc) is 2.68. The van der Waals surface area contributed by atoms with Gasteiger partial charge in [-0.1, -0.05) is 35.9 Å². The van der Waals surface area contributed by atoms with Crippen LogP contribution in [0.1, 0.15) is 40.7 Å². The second kappa shape index (κ2) is 4.21. The average molecular weight is 242 g/mol. The third-order valence-corrected chi connectivity index (χ3v) is 3.71. The fourth-order valence-corrected chi connectivity index (χ4v) is 2.79. The van der Waals surface area contributed by atoms with Crippen LogP contribution < -0.4 is 0 Å². The lowest BCUT2D eigenvalue weighted by Gasteiger charge is -2.11. The fraction of sp³-hybridized carbons (Fsp3) is 0.250. The van der Waals surface area contributed by atoms with Gasteiger partial charge in [-0.25, -0.2) is 4.39 Å². The highest BCUT2D eigenvalue weighted by molar-refractivity contribution is 5.45. The van der Waals surface area contributed by atoms with E-state index >= 15 is 0 Å². The van der Waals surface area contributed by atoms with Gasteiger partial charge in [-0.3, -0.25) is 0 Å². The molecule has 2 aromatic carbocycles. The monoisotopic (exact) mass is 242 g/mol. The Morgan fingerprint density at radius 2 is 1.78 bits per heavy atom. The quantitative estimate of drug-likeness (QED) is 0.808. The third kappa shape index (κ3) is 1.83. The van der Waals surface area contributed by atoms with Crippen molar-refractivity contribution in [3.05, 3.63) is 70.5 Å². The highest BCUT2D eigenvalue weighted by Crippen LogP contribution is 2.44. The van der Waals surface area contributed by atoms with Crippen LogP contribution in [-0.2, 0) is 0 Å². The Bertz CT molecular complexity index is 574. The first kappa shape index (κ1) is 11.4. The maximum absolute atomic E-state index is 12.9. The van der Waals surface area contributed by atoms with Crippen molar-refractivity contribution in [2.75, 3.05) is 0 Å². The Balaban J connectivity index is 2.05. The number of aliphatic hydroxyl groups excluding tert-OH is 1. The SMILES string of the molecule is Cc1ccc2c(c1)C(O)CC2c1ccc(F)cc1. The summed E-state index contributed by atoms with van der Waals surface area (Å²) in [6, 6.07) is 12.8. The van der Waals surface area contributed by atoms with Crippen LogP contribution in [-0.4, -0.2) is 5.11 Å². The number of fused-ring (bicyclic) bond motifs is 1. The van der Waals surface area contributed by atoms with E-state index in [-0.39, 0.29) is 11.7 Å². The molecule has 0 amide bonds. The first-order valence-corrected chi connectivity index (χ1v) is 6.19. The molecule has 0 heterocycles. The van der Waals surface area contributed by atoms with E-state index < -0.39 is 6.10 Å². The van der Waals surface area contributed by atoms with E-state index in [2.05, 4.69) is 12.1 Å². The van der Waals surface area contributed by atoms with Crippen molar-refractivity contribution in [1.82, 2.24) is 0 Å². The molecule has 0 spiro atoms. The van der Waals surface area contributed by atoms with Crippen LogP contribution in [0.25, 0.3) is 0 Å². The molecule has 92 valence electrons. The molecule has 0 fully saturated rings. The molecule has 0 radical (unpaired) electrons. The topological polar surface area (TPSA) is 20.2 Å². The Kier molecular flexibility index (Phi) is 2.67. The maximum atomic E-state index is 12.9. The van der Waals surface area contributed by atoms with Crippen molar-refractivity contribution >= 4 is 0 Å². The van der Waals surface area contributed by atoms with E-state index in [0.29, 0.717) is 6.42 Å². The second-order valence-electron chi connectivity index (χ2n) is 4.99. The summed E-state index contributed by atoms with van der Waals surface area (Å²) in [6.45, 7) is 2.03. The fourth-order valence-electron chi connectivity index (χ4n) is 2.79. The molecule has 1 aliphatic carbocycles. The zero-order chi connectivity index (χ0) is 12.7. The molecule has 0 saturated heterocycles. The molecule has 0 aromatic heterocycles. The van der Waals surface area contributed by atoms with Gasteiger partial charge in [0.1, 0.15) is 5.82 Å². The summed E-state index contributed by atoms with van der Waals surface area (Å²) in [5.74, 6) is -0.0439. The predicted octanol–water partition coefficient (Wildman–Crippen LogP) is 3.70. The van der Waals surface area contributed by atoms with Gasteiger partial charge >= 0.3 is 0 Å². The lowest BCUT2D eigenvalue weighted by molar-refractivity contribution is 0.176. The minimum absolute atomic E-state index is 0.177. The Morgan fingerprint density at radius 1 is 1.06 bits per heavy atom. The second-order valence-corrected chi connectivity index (χ2v) is 4.99. The van der Waals surface area contributed by atoms with Crippen LogP contribution in [0.5, 0.6) is 0 Å². The summed E-state index contributed by atoms with van der Waals surface area (Å²) in [4.78, 5) is 0. The summed E-state index contributed by atoms with van der Waals surface area (Å²) >= 11 is 0. The van der Waals surface area contributed by atoms with Gasteiger partial charge in [-0.2, -0.15) is 0 Å². The molecule has 0 saturated carbocycles. The predicted molar refractivity (Wildman–Crippen MR) is 69.0 cm³/mol. The van der Waals surface area contributed by atoms with Gasteiger partial charge in [-0.15, -0.1) is 0 Å². The van der Waals surface area contributed by atoms with Crippen LogP contribution in [0, 0.1) is 12.7 Å². The Labute approximate surface area is 106 Å². The van der Waals surface area contributed by atoms with Crippen LogP contribution >= 0.6 is 0 Å². The van der Waals surface area contributed by atoms with Gasteiger partial charge < -0.3 is 5.11 Å². The summed E-state index contributed by atoms with van der Waals surface area (Å²) < 4.78 is 12.9. The first-order valence-electron chi connectivity index (χ1n) is 6.19. The summed E-state index contributed by atoms with van der Waals surface area (Å²) in [7, 11) is 0. The molecule has 2 aromatic rings. The van der Waals surface area contributed by atoms with Crippen LogP contribution in [0.15, 0.2) is 42.5 Å². The highest BCUT2D eigenvalue weighted by atomic mass is 19.1. The van der Waals surface area contributed by atoms with Gasteiger partial charge in [0.15, 0.2) is 0 Å². The molecule has 2 unspecified atom stereocenters. The minimum Gasteiger partial charge on any atom is -0.388 e. The largest absolute Gasteiger partial charge is 0.388 e. The molecule has 0 bridgehead atoms. The van der Waals surface area contributed by atoms with E-state index in [1.807, 2.05) is 25.1 Å². The van der Waals surface area contributed by atoms with Crippen molar-refractivity contribution in [2.24, 2.45) is 0 Å². The zero-order valence-corrected chi connectivity index (χ0v) is 10.2. The summed E-state index contributed by atoms with van der Waals surface area (Å²) in [6.07, 6.45) is 0.277. The number of rotatable bonds is 1. The number of benzene rings is 2. The van der Waals surface area contributed by atoms with Crippen LogP contribution in [0.3, 0.4) is 0 Å². The van der Waals surface area contributed by atoms with Gasteiger partial charge in [-0.05, 0) is 42.2 Å². The van der Waals surface area contributed by atoms with Gasteiger partial charge in [0.2, 0.25) is 0 Å². The highest BCUT2D eigenvalue weighted by Gasteiger charge is 2.30. The molecule has 1 N–H and O–H groups in total. The van der Waals surface area contributed by atoms with Crippen molar-refractivity contribution in [1.29, 1.82) is 0 Å². The lowest BCUT2D eigenvalue weighted by Crippen LogP contribution is -1.96. The van der Waals surface area contributed by atoms with Crippen LogP contribution in [0.4, 0.5) is 4.39 Å². The van der Waals surface area contributed by atoms with E-state index in [1.54, 1.807) is 0 Å². The number of halogens is 1. The van der Waals surface area contributed by atoms with Crippen molar-refractivity contribution in [2.45, 2.75) is 25.4 Å². The molecular weight excluding hydrogens is 227 g/mol. The molecule has 3 rings (SSSR count). The molecular formula is C16H15FO. The lowest BCUT2D eigenvalue weighted by atomic mass is 9.92. The normalized spacial score (nSPS) is 21.9. The van der Waals surface area contributed by atoms with E-state index in [1.165, 1.54) is 17.7 Å². The smallest absolute Gasteiger partial charge is 0.123 e. The number of aliphatic hydroxyl groups is 1. The Morgan fingerprint density at radius 3 is 2.50 bits per heavy atom. The number of hydrogen-bond acceptors (Lipinski definition) is 1. The first-order chi connectivity index (χ1) is 8.65. The van der Waals surface area contributed by atoms with Crippen molar-refractivity contribution < 1.29 is 9.50 Å². The molecule has 2 heteroatoms. The van der Waals surface area contributed by atoms with E-state index in [0.717, 1.165) is 16.7 Å². The van der Waals surface area contributed by atoms with E-state index in [9.17, 15) is 9.50 Å². The molecule has 1 nitrogen and oxygen atoms in total. The van der Waals surface area contributed by atoms with E-state index in [4.69, 9.17) is 0 Å². The molecule has 2 atom stereocenters. The Hall–Kier alpha value is -1.67. The standard InChI is InChI=1S/C16H15FO/c1-10-2-7-13-14(9-16(18)15(13)8-10)11-3-5-12(17)6-4-11/h2-8,14,16,18H,9H2,1H3. The third-order valence-electron chi connectivity index (χ3n) is 3.71. The minimum atomic E-state index is -0.407. The van der Waals surface area contributed by atoms with Gasteiger partial charge in [0.05, 0.1) is 6.10 Å². The number of hydrogen-bond donors (Lipinski definition) is 1. The van der Waals surface area contributed by atoms with Gasteiger partial charge in [0.25, 0.3) is 0 Å². The molecule has 0 aliphatic heterocycles. The van der Waals surface area contributed by atoms with Crippen molar-refractivity contribution in [3.8, 4) is 0 Å². The maximum Gasteiger partial charge on any atom is 0.123 e. The summed E-state index contributed by atoms with van der Waals surface area (Å²) in [5.41, 5.74) is 4.41.